The highest BCUT2D eigenvalue weighted by Crippen LogP contribution is 2.33. The van der Waals surface area contributed by atoms with Gasteiger partial charge in [0, 0.05) is 5.39 Å². The van der Waals surface area contributed by atoms with E-state index in [-0.39, 0.29) is 18.2 Å². The Bertz CT molecular complexity index is 1120. The van der Waals surface area contributed by atoms with Crippen LogP contribution in [0, 0.1) is 0 Å². The highest BCUT2D eigenvalue weighted by atomic mass is 32.2. The molecule has 0 radical (unpaired) electrons. The van der Waals surface area contributed by atoms with Crippen molar-refractivity contribution in [3.63, 3.8) is 0 Å². The zero-order valence-electron chi connectivity index (χ0n) is 18.4. The lowest BCUT2D eigenvalue weighted by atomic mass is 9.98. The number of hydrogen-bond donors (Lipinski definition) is 1. The van der Waals surface area contributed by atoms with Gasteiger partial charge < -0.3 is 19.0 Å². The third-order valence-corrected chi connectivity index (χ3v) is 5.30. The van der Waals surface area contributed by atoms with Crippen molar-refractivity contribution >= 4 is 33.0 Å². The van der Waals surface area contributed by atoms with Crippen LogP contribution >= 0.6 is 0 Å². The lowest BCUT2D eigenvalue weighted by Gasteiger charge is -2.22. The molecule has 182 valence electrons. The Labute approximate surface area is 189 Å². The van der Waals surface area contributed by atoms with Crippen LogP contribution in [0.3, 0.4) is 0 Å². The number of amides is 1. The molecule has 1 amide bonds. The van der Waals surface area contributed by atoms with Gasteiger partial charge in [-0.1, -0.05) is 30.3 Å². The second-order valence-corrected chi connectivity index (χ2v) is 9.55. The number of rotatable bonds is 7. The Morgan fingerprint density at radius 3 is 2.18 bits per heavy atom. The normalized spacial score (nSPS) is 13.3. The molecule has 0 saturated heterocycles. The molecule has 1 N–H and O–H groups in total. The first-order valence-corrected chi connectivity index (χ1v) is 11.1. The van der Waals surface area contributed by atoms with Crippen molar-refractivity contribution in [2.45, 2.75) is 50.8 Å². The molecule has 2 aromatic rings. The van der Waals surface area contributed by atoms with Crippen molar-refractivity contribution in [3.05, 3.63) is 42.0 Å². The zero-order chi connectivity index (χ0) is 25.0. The van der Waals surface area contributed by atoms with E-state index in [1.807, 2.05) is 0 Å². The van der Waals surface area contributed by atoms with Gasteiger partial charge in [0.15, 0.2) is 5.75 Å². The Morgan fingerprint density at radius 2 is 1.64 bits per heavy atom. The summed E-state index contributed by atoms with van der Waals surface area (Å²) in [4.78, 5) is 24.2. The number of alkyl halides is 3. The maximum atomic E-state index is 12.7. The van der Waals surface area contributed by atoms with Crippen molar-refractivity contribution < 1.29 is 44.8 Å². The largest absolute Gasteiger partial charge is 0.534 e. The number of halogens is 3. The van der Waals surface area contributed by atoms with Gasteiger partial charge in [0.2, 0.25) is 0 Å². The van der Waals surface area contributed by atoms with E-state index in [0.717, 1.165) is 13.2 Å². The van der Waals surface area contributed by atoms with Gasteiger partial charge in [0.1, 0.15) is 11.6 Å². The number of fused-ring (bicyclic) bond motifs is 1. The van der Waals surface area contributed by atoms with Crippen LogP contribution in [0.5, 0.6) is 5.75 Å². The van der Waals surface area contributed by atoms with Crippen LogP contribution in [0.2, 0.25) is 0 Å². The second-order valence-electron chi connectivity index (χ2n) is 8.01. The third-order valence-electron chi connectivity index (χ3n) is 4.34. The number of ether oxygens (including phenoxy) is 2. The minimum absolute atomic E-state index is 0.0803. The minimum Gasteiger partial charge on any atom is -0.467 e. The number of alkyl carbamates (subject to hydrolysis) is 1. The summed E-state index contributed by atoms with van der Waals surface area (Å²) in [6.07, 6.45) is -0.539. The summed E-state index contributed by atoms with van der Waals surface area (Å²) in [6, 6.07) is 7.57. The molecular formula is C21H24F3NO7S. The van der Waals surface area contributed by atoms with Crippen LogP contribution in [0.25, 0.3) is 10.8 Å². The van der Waals surface area contributed by atoms with Gasteiger partial charge in [0.25, 0.3) is 0 Å². The van der Waals surface area contributed by atoms with Crippen molar-refractivity contribution in [3.8, 4) is 5.75 Å². The fourth-order valence-corrected chi connectivity index (χ4v) is 3.41. The maximum absolute atomic E-state index is 12.7. The summed E-state index contributed by atoms with van der Waals surface area (Å²) in [7, 11) is -4.69. The molecule has 0 bridgehead atoms. The summed E-state index contributed by atoms with van der Waals surface area (Å²) < 4.78 is 75.2. The average Bonchev–Trinajstić information content (AvgIpc) is 2.69. The van der Waals surface area contributed by atoms with E-state index in [1.54, 1.807) is 32.9 Å². The predicted octanol–water partition coefficient (Wildman–Crippen LogP) is 4.07. The molecule has 0 aliphatic rings. The van der Waals surface area contributed by atoms with Gasteiger partial charge in [-0.05, 0) is 50.6 Å². The number of carbonyl (C=O) groups excluding carboxylic acids is 2. The number of nitrogens with one attached hydrogen (secondary N) is 1. The number of hydrogen-bond acceptors (Lipinski definition) is 7. The van der Waals surface area contributed by atoms with Gasteiger partial charge in [-0.3, -0.25) is 0 Å². The van der Waals surface area contributed by atoms with Gasteiger partial charge in [-0.25, -0.2) is 9.59 Å². The van der Waals surface area contributed by atoms with Crippen molar-refractivity contribution in [2.75, 3.05) is 7.11 Å². The first-order valence-electron chi connectivity index (χ1n) is 9.73. The molecule has 0 aliphatic carbocycles. The molecule has 0 heterocycles. The van der Waals surface area contributed by atoms with E-state index in [2.05, 4.69) is 9.50 Å². The molecule has 0 unspecified atom stereocenters. The van der Waals surface area contributed by atoms with Crippen LogP contribution in [-0.4, -0.2) is 44.7 Å². The Hall–Kier alpha value is -3.02. The quantitative estimate of drug-likeness (QED) is 0.353. The summed E-state index contributed by atoms with van der Waals surface area (Å²) in [5.74, 6) is -1.19. The average molecular weight is 491 g/mol. The molecule has 2 aromatic carbocycles. The fourth-order valence-electron chi connectivity index (χ4n) is 2.93. The molecule has 12 heteroatoms. The Morgan fingerprint density at radius 1 is 1.03 bits per heavy atom. The van der Waals surface area contributed by atoms with Crippen LogP contribution in [0.1, 0.15) is 32.8 Å². The number of esters is 1. The van der Waals surface area contributed by atoms with Gasteiger partial charge in [-0.15, -0.1) is 0 Å². The number of benzene rings is 2. The van der Waals surface area contributed by atoms with E-state index < -0.39 is 45.1 Å². The third kappa shape index (κ3) is 6.98. The van der Waals surface area contributed by atoms with E-state index in [4.69, 9.17) is 9.47 Å². The Balaban J connectivity index is 2.29. The summed E-state index contributed by atoms with van der Waals surface area (Å²) in [5.41, 5.74) is -5.77. The highest BCUT2D eigenvalue weighted by Gasteiger charge is 2.48. The molecule has 2 rings (SSSR count). The SMILES string of the molecule is COC(=O)[C@H](CCc1ccc(OS(=O)(=O)C(F)(F)F)c2ccccc12)NC(=O)OC(C)(C)C. The van der Waals surface area contributed by atoms with Gasteiger partial charge in [-0.2, -0.15) is 21.6 Å². The van der Waals surface area contributed by atoms with Crippen LogP contribution in [0.15, 0.2) is 36.4 Å². The van der Waals surface area contributed by atoms with Crippen molar-refractivity contribution in [1.29, 1.82) is 0 Å². The molecule has 8 nitrogen and oxygen atoms in total. The molecule has 0 saturated carbocycles. The van der Waals surface area contributed by atoms with Gasteiger partial charge in [0.05, 0.1) is 7.11 Å². The monoisotopic (exact) mass is 491 g/mol. The van der Waals surface area contributed by atoms with E-state index in [0.29, 0.717) is 10.9 Å². The fraction of sp³-hybridized carbons (Fsp3) is 0.429. The van der Waals surface area contributed by atoms with Crippen LogP contribution in [-0.2, 0) is 30.8 Å². The number of carbonyl (C=O) groups is 2. The van der Waals surface area contributed by atoms with E-state index in [9.17, 15) is 31.2 Å². The lowest BCUT2D eigenvalue weighted by Crippen LogP contribution is -2.44. The molecule has 1 atom stereocenters. The zero-order valence-corrected chi connectivity index (χ0v) is 19.2. The lowest BCUT2D eigenvalue weighted by molar-refractivity contribution is -0.143. The summed E-state index contributed by atoms with van der Waals surface area (Å²) >= 11 is 0. The first-order chi connectivity index (χ1) is 15.1. The number of aryl methyl sites for hydroxylation is 1. The predicted molar refractivity (Wildman–Crippen MR) is 113 cm³/mol. The minimum atomic E-state index is -5.85. The molecular weight excluding hydrogens is 467 g/mol. The standard InChI is InChI=1S/C21H24F3NO7S/c1-20(2,3)31-19(27)25-16(18(26)30-4)11-9-13-10-12-17(15-8-6-5-7-14(13)15)32-33(28,29)21(22,23)24/h5-8,10,12,16H,9,11H2,1-4H3,(H,25,27)/t16-/m0/s1. The molecule has 0 aliphatic heterocycles. The summed E-state index contributed by atoms with van der Waals surface area (Å²) in [5, 5.41) is 3.00. The first kappa shape index (κ1) is 26.2. The van der Waals surface area contributed by atoms with Gasteiger partial charge >= 0.3 is 27.7 Å². The summed E-state index contributed by atoms with van der Waals surface area (Å²) in [6.45, 7) is 4.98. The topological polar surface area (TPSA) is 108 Å². The van der Waals surface area contributed by atoms with E-state index >= 15 is 0 Å². The Kier molecular flexibility index (Phi) is 7.83. The van der Waals surface area contributed by atoms with E-state index in [1.165, 1.54) is 18.2 Å². The molecule has 33 heavy (non-hydrogen) atoms. The van der Waals surface area contributed by atoms with Crippen molar-refractivity contribution in [2.24, 2.45) is 0 Å². The molecule has 0 aromatic heterocycles. The van der Waals surface area contributed by atoms with Crippen LogP contribution < -0.4 is 9.50 Å². The van der Waals surface area contributed by atoms with Crippen molar-refractivity contribution in [1.82, 2.24) is 5.32 Å². The van der Waals surface area contributed by atoms with Crippen LogP contribution in [0.4, 0.5) is 18.0 Å². The maximum Gasteiger partial charge on any atom is 0.534 e. The smallest absolute Gasteiger partial charge is 0.467 e. The number of methoxy groups -OCH3 is 1. The molecule has 0 fully saturated rings. The second kappa shape index (κ2) is 9.86. The highest BCUT2D eigenvalue weighted by molar-refractivity contribution is 7.88. The molecule has 0 spiro atoms.